The number of hydrogen-bond acceptors (Lipinski definition) is 7. The summed E-state index contributed by atoms with van der Waals surface area (Å²) in [6.07, 6.45) is 0.542. The number of carbonyl (C=O) groups is 3. The average molecular weight is 463 g/mol. The van der Waals surface area contributed by atoms with Crippen LogP contribution in [-0.2, 0) is 9.53 Å². The van der Waals surface area contributed by atoms with Crippen LogP contribution in [-0.4, -0.2) is 29.7 Å². The maximum absolute atomic E-state index is 12.4. The van der Waals surface area contributed by atoms with E-state index in [2.05, 4.69) is 5.32 Å². The van der Waals surface area contributed by atoms with Crippen LogP contribution in [0.25, 0.3) is 11.3 Å². The molecule has 11 heteroatoms. The van der Waals surface area contributed by atoms with Gasteiger partial charge < -0.3 is 14.5 Å². The van der Waals surface area contributed by atoms with Crippen LogP contribution in [0.2, 0.25) is 10.0 Å². The second kappa shape index (κ2) is 9.41. The van der Waals surface area contributed by atoms with Gasteiger partial charge in [-0.05, 0) is 36.4 Å². The molecule has 3 aromatic rings. The number of ether oxygens (including phenoxy) is 1. The van der Waals surface area contributed by atoms with E-state index in [1.165, 1.54) is 30.3 Å². The van der Waals surface area contributed by atoms with E-state index in [0.29, 0.717) is 17.6 Å². The standard InChI is InChI=1S/C20H12Cl2N2O7/c21-15-4-1-11(18-6-3-13(9-25)31-18)7-14(15)20(27)30-10-19(26)23-17-8-12(24(28)29)2-5-16(17)22/h1-9H,10H2,(H,23,26). The number of anilines is 1. The molecule has 0 saturated carbocycles. The number of amides is 1. The Kier molecular flexibility index (Phi) is 6.68. The third-order valence-electron chi connectivity index (χ3n) is 3.98. The van der Waals surface area contributed by atoms with Crippen molar-refractivity contribution in [3.8, 4) is 11.3 Å². The molecule has 0 fully saturated rings. The van der Waals surface area contributed by atoms with Gasteiger partial charge in [-0.1, -0.05) is 23.2 Å². The molecule has 0 spiro atoms. The highest BCUT2D eigenvalue weighted by molar-refractivity contribution is 6.34. The molecule has 31 heavy (non-hydrogen) atoms. The number of rotatable bonds is 7. The average Bonchev–Trinajstić information content (AvgIpc) is 3.23. The van der Waals surface area contributed by atoms with E-state index in [9.17, 15) is 24.5 Å². The highest BCUT2D eigenvalue weighted by Gasteiger charge is 2.18. The Morgan fingerprint density at radius 3 is 2.52 bits per heavy atom. The number of esters is 1. The Balaban J connectivity index is 1.68. The first-order valence-electron chi connectivity index (χ1n) is 8.54. The van der Waals surface area contributed by atoms with E-state index in [1.807, 2.05) is 0 Å². The summed E-state index contributed by atoms with van der Waals surface area (Å²) in [4.78, 5) is 45.5. The largest absolute Gasteiger partial charge is 0.453 e. The third-order valence-corrected chi connectivity index (χ3v) is 4.64. The minimum absolute atomic E-state index is 0.000692. The number of halogens is 2. The highest BCUT2D eigenvalue weighted by atomic mass is 35.5. The lowest BCUT2D eigenvalue weighted by atomic mass is 10.1. The van der Waals surface area contributed by atoms with Crippen molar-refractivity contribution in [1.82, 2.24) is 0 Å². The minimum Gasteiger partial charge on any atom is -0.453 e. The van der Waals surface area contributed by atoms with Gasteiger partial charge in [0, 0.05) is 17.7 Å². The fraction of sp³-hybridized carbons (Fsp3) is 0.0500. The normalized spacial score (nSPS) is 10.4. The summed E-state index contributed by atoms with van der Waals surface area (Å²) in [7, 11) is 0. The summed E-state index contributed by atoms with van der Waals surface area (Å²) in [5.74, 6) is -1.18. The third kappa shape index (κ3) is 5.27. The van der Waals surface area contributed by atoms with Crippen LogP contribution in [0.3, 0.4) is 0 Å². The van der Waals surface area contributed by atoms with Crippen molar-refractivity contribution in [2.75, 3.05) is 11.9 Å². The minimum atomic E-state index is -0.880. The highest BCUT2D eigenvalue weighted by Crippen LogP contribution is 2.28. The van der Waals surface area contributed by atoms with Gasteiger partial charge in [-0.2, -0.15) is 0 Å². The van der Waals surface area contributed by atoms with Gasteiger partial charge in [0.2, 0.25) is 0 Å². The first-order valence-corrected chi connectivity index (χ1v) is 9.30. The summed E-state index contributed by atoms with van der Waals surface area (Å²) < 4.78 is 10.3. The molecule has 0 aliphatic rings. The van der Waals surface area contributed by atoms with Gasteiger partial charge in [-0.3, -0.25) is 19.7 Å². The molecular formula is C20H12Cl2N2O7. The van der Waals surface area contributed by atoms with Gasteiger partial charge in [-0.15, -0.1) is 0 Å². The Hall–Kier alpha value is -3.69. The number of carbonyl (C=O) groups excluding carboxylic acids is 3. The van der Waals surface area contributed by atoms with Crippen LogP contribution in [0, 0.1) is 10.1 Å². The lowest BCUT2D eigenvalue weighted by Crippen LogP contribution is -2.21. The number of benzene rings is 2. The quantitative estimate of drug-likeness (QED) is 0.231. The number of nitro benzene ring substituents is 1. The van der Waals surface area contributed by atoms with Crippen LogP contribution in [0.1, 0.15) is 20.9 Å². The number of nitro groups is 1. The number of nitrogens with zero attached hydrogens (tertiary/aromatic N) is 1. The maximum Gasteiger partial charge on any atom is 0.340 e. The van der Waals surface area contributed by atoms with Gasteiger partial charge in [0.1, 0.15) is 5.76 Å². The lowest BCUT2D eigenvalue weighted by molar-refractivity contribution is -0.384. The predicted octanol–water partition coefficient (Wildman–Crippen LogP) is 4.77. The summed E-state index contributed by atoms with van der Waals surface area (Å²) in [5, 5.41) is 13.3. The van der Waals surface area contributed by atoms with E-state index in [1.54, 1.807) is 12.1 Å². The van der Waals surface area contributed by atoms with Gasteiger partial charge >= 0.3 is 5.97 Å². The van der Waals surface area contributed by atoms with Crippen molar-refractivity contribution >= 4 is 52.7 Å². The topological polar surface area (TPSA) is 129 Å². The van der Waals surface area contributed by atoms with E-state index in [0.717, 1.165) is 6.07 Å². The lowest BCUT2D eigenvalue weighted by Gasteiger charge is -2.09. The molecule has 1 heterocycles. The van der Waals surface area contributed by atoms with Crippen molar-refractivity contribution in [2.24, 2.45) is 0 Å². The van der Waals surface area contributed by atoms with Gasteiger partial charge in [0.05, 0.1) is 26.2 Å². The van der Waals surface area contributed by atoms with Crippen molar-refractivity contribution in [3.05, 3.63) is 80.0 Å². The molecule has 1 amide bonds. The Morgan fingerprint density at radius 1 is 1.10 bits per heavy atom. The zero-order valence-corrected chi connectivity index (χ0v) is 17.0. The van der Waals surface area contributed by atoms with Gasteiger partial charge in [0.15, 0.2) is 18.7 Å². The first kappa shape index (κ1) is 22.0. The first-order chi connectivity index (χ1) is 14.8. The van der Waals surface area contributed by atoms with Crippen molar-refractivity contribution in [1.29, 1.82) is 0 Å². The molecule has 0 aliphatic heterocycles. The molecule has 3 rings (SSSR count). The molecule has 0 saturated heterocycles. The number of aldehydes is 1. The second-order valence-corrected chi connectivity index (χ2v) is 6.87. The zero-order chi connectivity index (χ0) is 22.5. The van der Waals surface area contributed by atoms with Crippen molar-refractivity contribution in [3.63, 3.8) is 0 Å². The fourth-order valence-electron chi connectivity index (χ4n) is 2.52. The molecule has 2 aromatic carbocycles. The van der Waals surface area contributed by atoms with Crippen molar-refractivity contribution in [2.45, 2.75) is 0 Å². The molecule has 0 bridgehead atoms. The monoisotopic (exact) mass is 462 g/mol. The molecule has 1 aromatic heterocycles. The predicted molar refractivity (Wildman–Crippen MR) is 112 cm³/mol. The van der Waals surface area contributed by atoms with Gasteiger partial charge in [-0.25, -0.2) is 4.79 Å². The van der Waals surface area contributed by atoms with Crippen LogP contribution in [0.15, 0.2) is 52.9 Å². The molecule has 0 aliphatic carbocycles. The summed E-state index contributed by atoms with van der Waals surface area (Å²) >= 11 is 12.0. The van der Waals surface area contributed by atoms with Crippen LogP contribution in [0.4, 0.5) is 11.4 Å². The van der Waals surface area contributed by atoms with Crippen LogP contribution < -0.4 is 5.32 Å². The summed E-state index contributed by atoms with van der Waals surface area (Å²) in [6.45, 7) is -0.686. The molecule has 0 radical (unpaired) electrons. The Morgan fingerprint density at radius 2 is 1.84 bits per heavy atom. The Bertz CT molecular complexity index is 1190. The van der Waals surface area contributed by atoms with Crippen LogP contribution in [0.5, 0.6) is 0 Å². The fourth-order valence-corrected chi connectivity index (χ4v) is 2.88. The summed E-state index contributed by atoms with van der Waals surface area (Å²) in [5.41, 5.74) is 0.179. The smallest absolute Gasteiger partial charge is 0.340 e. The number of non-ortho nitro benzene ring substituents is 1. The molecular weight excluding hydrogens is 451 g/mol. The van der Waals surface area contributed by atoms with Gasteiger partial charge in [0.25, 0.3) is 11.6 Å². The van der Waals surface area contributed by atoms with E-state index >= 15 is 0 Å². The number of nitrogens with one attached hydrogen (secondary N) is 1. The maximum atomic E-state index is 12.4. The SMILES string of the molecule is O=Cc1ccc(-c2ccc(Cl)c(C(=O)OCC(=O)Nc3cc([N+](=O)[O-])ccc3Cl)c2)o1. The molecule has 158 valence electrons. The van der Waals surface area contributed by atoms with E-state index in [-0.39, 0.29) is 32.7 Å². The molecule has 0 atom stereocenters. The zero-order valence-electron chi connectivity index (χ0n) is 15.5. The van der Waals surface area contributed by atoms with E-state index in [4.69, 9.17) is 32.4 Å². The van der Waals surface area contributed by atoms with Crippen molar-refractivity contribution < 1.29 is 28.5 Å². The molecule has 0 unspecified atom stereocenters. The van der Waals surface area contributed by atoms with Crippen LogP contribution >= 0.6 is 23.2 Å². The number of hydrogen-bond donors (Lipinski definition) is 1. The molecule has 9 nitrogen and oxygen atoms in total. The second-order valence-electron chi connectivity index (χ2n) is 6.06. The number of furan rings is 1. The summed E-state index contributed by atoms with van der Waals surface area (Å²) in [6, 6.07) is 11.0. The Labute approximate surface area is 184 Å². The molecule has 1 N–H and O–H groups in total. The van der Waals surface area contributed by atoms with E-state index < -0.39 is 23.4 Å².